The summed E-state index contributed by atoms with van der Waals surface area (Å²) >= 11 is 0. The minimum Gasteiger partial charge on any atom is -0.462 e. The number of hydrogen-bond donors (Lipinski definition) is 2. The lowest BCUT2D eigenvalue weighted by Gasteiger charge is -2.19. The summed E-state index contributed by atoms with van der Waals surface area (Å²) in [5.41, 5.74) is 5.40. The molecule has 0 aliphatic rings. The summed E-state index contributed by atoms with van der Waals surface area (Å²) in [6, 6.07) is 0. The number of nitrogens with two attached hydrogens (primary N) is 1. The Kier molecular flexibility index (Phi) is 61.5. The zero-order chi connectivity index (χ0) is 56.6. The van der Waals surface area contributed by atoms with Crippen molar-refractivity contribution in [2.75, 3.05) is 26.4 Å². The van der Waals surface area contributed by atoms with Crippen LogP contribution in [0.4, 0.5) is 0 Å². The molecule has 0 aromatic rings. The molecule has 2 atom stereocenters. The minimum atomic E-state index is -4.39. The summed E-state index contributed by atoms with van der Waals surface area (Å²) < 4.78 is 33.1. The number of ether oxygens (including phenoxy) is 2. The first-order valence-electron chi connectivity index (χ1n) is 32.9. The van der Waals surface area contributed by atoms with Crippen LogP contribution in [-0.4, -0.2) is 49.3 Å². The van der Waals surface area contributed by atoms with Crippen molar-refractivity contribution in [2.45, 2.75) is 322 Å². The van der Waals surface area contributed by atoms with Gasteiger partial charge in [0.1, 0.15) is 6.61 Å². The fourth-order valence-corrected chi connectivity index (χ4v) is 10.3. The maximum atomic E-state index is 12.7. The topological polar surface area (TPSA) is 134 Å². The van der Waals surface area contributed by atoms with Crippen LogP contribution in [0.25, 0.3) is 0 Å². The van der Waals surface area contributed by atoms with Crippen LogP contribution in [0.3, 0.4) is 0 Å². The Morgan fingerprint density at radius 3 is 1.05 bits per heavy atom. The highest BCUT2D eigenvalue weighted by Crippen LogP contribution is 2.43. The van der Waals surface area contributed by atoms with E-state index in [0.717, 1.165) is 77.0 Å². The lowest BCUT2D eigenvalue weighted by atomic mass is 10.0. The van der Waals surface area contributed by atoms with Gasteiger partial charge in [-0.3, -0.25) is 18.6 Å². The summed E-state index contributed by atoms with van der Waals surface area (Å²) in [5, 5.41) is 0. The van der Waals surface area contributed by atoms with E-state index in [4.69, 9.17) is 24.3 Å². The molecule has 9 nitrogen and oxygen atoms in total. The number of unbranched alkanes of at least 4 members (excludes halogenated alkanes) is 37. The van der Waals surface area contributed by atoms with Gasteiger partial charge in [0.2, 0.25) is 0 Å². The average Bonchev–Trinajstić information content (AvgIpc) is 3.43. The van der Waals surface area contributed by atoms with Gasteiger partial charge in [0.15, 0.2) is 6.10 Å². The van der Waals surface area contributed by atoms with Gasteiger partial charge in [-0.2, -0.15) is 0 Å². The molecule has 0 radical (unpaired) electrons. The predicted molar refractivity (Wildman–Crippen MR) is 335 cm³/mol. The molecule has 0 heterocycles. The Hall–Kier alpha value is -2.55. The molecule has 0 aliphatic heterocycles. The van der Waals surface area contributed by atoms with Crippen LogP contribution in [0.5, 0.6) is 0 Å². The summed E-state index contributed by atoms with van der Waals surface area (Å²) in [6.45, 7) is 3.68. The Morgan fingerprint density at radius 1 is 0.397 bits per heavy atom. The van der Waals surface area contributed by atoms with Gasteiger partial charge in [-0.15, -0.1) is 0 Å². The van der Waals surface area contributed by atoms with Crippen LogP contribution >= 0.6 is 7.82 Å². The summed E-state index contributed by atoms with van der Waals surface area (Å²) in [4.78, 5) is 35.3. The normalized spacial score (nSPS) is 13.4. The molecule has 0 aliphatic carbocycles. The predicted octanol–water partition coefficient (Wildman–Crippen LogP) is 21.2. The average molecular weight is 1110 g/mol. The van der Waals surface area contributed by atoms with Crippen LogP contribution < -0.4 is 5.73 Å². The molecule has 0 aromatic heterocycles. The third kappa shape index (κ3) is 62.6. The number of allylic oxidation sites excluding steroid dienone is 12. The first kappa shape index (κ1) is 75.5. The van der Waals surface area contributed by atoms with Gasteiger partial charge in [0.05, 0.1) is 13.2 Å². The van der Waals surface area contributed by atoms with E-state index in [1.165, 1.54) is 205 Å². The molecule has 0 fully saturated rings. The number of esters is 2. The van der Waals surface area contributed by atoms with E-state index < -0.39 is 26.5 Å². The molecule has 0 saturated carbocycles. The Morgan fingerprint density at radius 2 is 0.705 bits per heavy atom. The highest BCUT2D eigenvalue weighted by molar-refractivity contribution is 7.47. The molecule has 0 rings (SSSR count). The second-order valence-electron chi connectivity index (χ2n) is 22.0. The smallest absolute Gasteiger partial charge is 0.462 e. The van der Waals surface area contributed by atoms with Gasteiger partial charge in [-0.25, -0.2) is 4.57 Å². The van der Waals surface area contributed by atoms with Gasteiger partial charge in [0.25, 0.3) is 0 Å². The Balaban J connectivity index is 3.89. The standard InChI is InChI=1S/C68H124NO8P/c1-3-5-7-9-11-13-15-17-19-21-23-25-27-29-30-31-32-33-34-35-36-37-39-41-43-45-47-49-51-53-55-57-59-61-68(71)77-66(65-76-78(72,73)75-63-62-69)64-74-67(70)60-58-56-54-52-50-48-46-44-42-40-38-28-26-24-22-20-18-16-14-12-10-8-6-4-2/h5,7,11,13,17,19,23,25,29-30,32-33,66H,3-4,6,8-10,12,14-16,18,20-22,24,26-28,31,34-65,69H2,1-2H3,(H,72,73)/b7-5-,13-11-,19-17-,25-23-,30-29-,33-32-. The summed E-state index contributed by atoms with van der Waals surface area (Å²) in [6.07, 6.45) is 82.6. The first-order chi connectivity index (χ1) is 38.3. The third-order valence-corrected chi connectivity index (χ3v) is 15.3. The zero-order valence-electron chi connectivity index (χ0n) is 50.9. The molecule has 0 aromatic carbocycles. The lowest BCUT2D eigenvalue weighted by Crippen LogP contribution is -2.29. The van der Waals surface area contributed by atoms with Crippen molar-refractivity contribution in [1.29, 1.82) is 0 Å². The second kappa shape index (κ2) is 63.6. The van der Waals surface area contributed by atoms with Gasteiger partial charge in [-0.05, 0) is 64.2 Å². The van der Waals surface area contributed by atoms with E-state index in [-0.39, 0.29) is 38.6 Å². The minimum absolute atomic E-state index is 0.0532. The highest BCUT2D eigenvalue weighted by Gasteiger charge is 2.26. The van der Waals surface area contributed by atoms with E-state index in [2.05, 4.69) is 86.8 Å². The van der Waals surface area contributed by atoms with E-state index in [0.29, 0.717) is 6.42 Å². The molecular formula is C68H124NO8P. The molecule has 0 amide bonds. The molecule has 78 heavy (non-hydrogen) atoms. The van der Waals surface area contributed by atoms with Crippen molar-refractivity contribution >= 4 is 19.8 Å². The molecule has 0 bridgehead atoms. The van der Waals surface area contributed by atoms with Crippen LogP contribution in [0.1, 0.15) is 316 Å². The van der Waals surface area contributed by atoms with Crippen molar-refractivity contribution in [3.05, 3.63) is 72.9 Å². The van der Waals surface area contributed by atoms with Gasteiger partial charge in [-0.1, -0.05) is 311 Å². The summed E-state index contributed by atoms with van der Waals surface area (Å²) in [7, 11) is -4.39. The van der Waals surface area contributed by atoms with Crippen molar-refractivity contribution in [3.8, 4) is 0 Å². The highest BCUT2D eigenvalue weighted by atomic mass is 31.2. The summed E-state index contributed by atoms with van der Waals surface area (Å²) in [5.74, 6) is -0.814. The fourth-order valence-electron chi connectivity index (χ4n) is 9.53. The second-order valence-corrected chi connectivity index (χ2v) is 23.4. The van der Waals surface area contributed by atoms with Crippen molar-refractivity contribution in [3.63, 3.8) is 0 Å². The molecule has 10 heteroatoms. The quantitative estimate of drug-likeness (QED) is 0.0264. The van der Waals surface area contributed by atoms with Crippen molar-refractivity contribution in [1.82, 2.24) is 0 Å². The number of carbonyl (C=O) groups excluding carboxylic acids is 2. The zero-order valence-corrected chi connectivity index (χ0v) is 51.8. The Labute approximate surface area is 482 Å². The number of rotatable bonds is 62. The van der Waals surface area contributed by atoms with Gasteiger partial charge >= 0.3 is 19.8 Å². The van der Waals surface area contributed by atoms with E-state index in [1.54, 1.807) is 0 Å². The first-order valence-corrected chi connectivity index (χ1v) is 34.4. The van der Waals surface area contributed by atoms with Crippen LogP contribution in [-0.2, 0) is 32.7 Å². The van der Waals surface area contributed by atoms with Crippen LogP contribution in [0.15, 0.2) is 72.9 Å². The van der Waals surface area contributed by atoms with Crippen LogP contribution in [0, 0.1) is 0 Å². The maximum absolute atomic E-state index is 12.7. The largest absolute Gasteiger partial charge is 0.472 e. The van der Waals surface area contributed by atoms with Crippen molar-refractivity contribution < 1.29 is 37.6 Å². The third-order valence-electron chi connectivity index (χ3n) is 14.4. The maximum Gasteiger partial charge on any atom is 0.472 e. The number of carbonyl (C=O) groups is 2. The van der Waals surface area contributed by atoms with Crippen LogP contribution in [0.2, 0.25) is 0 Å². The lowest BCUT2D eigenvalue weighted by molar-refractivity contribution is -0.161. The number of phosphoric ester groups is 1. The molecule has 2 unspecified atom stereocenters. The molecule has 0 saturated heterocycles. The molecule has 3 N–H and O–H groups in total. The van der Waals surface area contributed by atoms with Crippen molar-refractivity contribution in [2.24, 2.45) is 5.73 Å². The van der Waals surface area contributed by atoms with E-state index in [9.17, 15) is 19.0 Å². The van der Waals surface area contributed by atoms with E-state index in [1.807, 2.05) is 0 Å². The fraction of sp³-hybridized carbons (Fsp3) is 0.794. The Bertz CT molecular complexity index is 1510. The molecular weight excluding hydrogens is 990 g/mol. The van der Waals surface area contributed by atoms with Gasteiger partial charge < -0.3 is 20.1 Å². The van der Waals surface area contributed by atoms with Gasteiger partial charge in [0, 0.05) is 19.4 Å². The molecule has 454 valence electrons. The number of hydrogen-bond acceptors (Lipinski definition) is 8. The monoisotopic (exact) mass is 1110 g/mol. The number of phosphoric acid groups is 1. The SMILES string of the molecule is CC/C=C\C/C=C\C/C=C\C/C=C\C/C=C\C/C=C\CCCCCCCCCCCCCCCCC(=O)OC(COC(=O)CCCCCCCCCCCCCCCCCCCCCCCCCC)COP(=O)(O)OCCN. The molecule has 0 spiro atoms. The van der Waals surface area contributed by atoms with E-state index >= 15 is 0 Å².